The molecule has 1 unspecified atom stereocenters. The minimum atomic E-state index is -4.71. The van der Waals surface area contributed by atoms with E-state index < -0.39 is 52.5 Å². The molecule has 1 aromatic carbocycles. The highest BCUT2D eigenvalue weighted by atomic mass is 35.5. The van der Waals surface area contributed by atoms with Crippen LogP contribution in [0, 0.1) is 11.7 Å². The van der Waals surface area contributed by atoms with Gasteiger partial charge in [0.2, 0.25) is 5.91 Å². The summed E-state index contributed by atoms with van der Waals surface area (Å²) < 4.78 is 56.0. The number of amides is 2. The third-order valence-corrected chi connectivity index (χ3v) is 7.21. The molecule has 0 saturated carbocycles. The average Bonchev–Trinajstić information content (AvgIpc) is 2.85. The lowest BCUT2D eigenvalue weighted by molar-refractivity contribution is -0.148. The second kappa shape index (κ2) is 10.5. The summed E-state index contributed by atoms with van der Waals surface area (Å²) in [5.74, 6) is -2.89. The predicted molar refractivity (Wildman–Crippen MR) is 133 cm³/mol. The first-order valence-corrected chi connectivity index (χ1v) is 12.4. The fourth-order valence-corrected chi connectivity index (χ4v) is 5.46. The van der Waals surface area contributed by atoms with Gasteiger partial charge in [0, 0.05) is 37.9 Å². The molecule has 9 nitrogen and oxygen atoms in total. The van der Waals surface area contributed by atoms with Crippen LogP contribution in [0.25, 0.3) is 0 Å². The van der Waals surface area contributed by atoms with Crippen LogP contribution in [0.1, 0.15) is 30.5 Å². The molecule has 0 spiro atoms. The zero-order valence-corrected chi connectivity index (χ0v) is 21.5. The van der Waals surface area contributed by atoms with Crippen LogP contribution in [0.2, 0.25) is 5.02 Å². The van der Waals surface area contributed by atoms with Crippen LogP contribution < -0.4 is 16.4 Å². The number of benzene rings is 1. The molecular formula is C24H28ClF4N7O2. The maximum absolute atomic E-state index is 15.4. The Balaban J connectivity index is 1.83. The van der Waals surface area contributed by atoms with Gasteiger partial charge in [0.15, 0.2) is 17.2 Å². The third-order valence-electron chi connectivity index (χ3n) is 6.99. The highest BCUT2D eigenvalue weighted by molar-refractivity contribution is 6.31. The molecule has 14 heteroatoms. The van der Waals surface area contributed by atoms with E-state index in [-0.39, 0.29) is 29.6 Å². The number of nitrogens with zero attached hydrogens (tertiary/aromatic N) is 4. The standard InChI is InChI=1S/C24H28ClF4N7O2/c1-35(2)21(37)16-4-6-31-11-17(16)36-7-3-5-23(22(36)38,19-18(26)20(30)33-12-32-19)34-15-9-13(24(27,28)29)8-14(25)10-15/h8-10,12,16-17,31,34H,3-7,11H2,1-2H3,(H2,30,32,33)/t16-,17-,23?/m1/s1. The van der Waals surface area contributed by atoms with Crippen molar-refractivity contribution in [3.63, 3.8) is 0 Å². The number of nitrogens with one attached hydrogen (secondary N) is 2. The van der Waals surface area contributed by atoms with Crippen molar-refractivity contribution in [1.82, 2.24) is 25.1 Å². The summed E-state index contributed by atoms with van der Waals surface area (Å²) in [4.78, 5) is 37.9. The predicted octanol–water partition coefficient (Wildman–Crippen LogP) is 2.87. The maximum atomic E-state index is 15.4. The first-order chi connectivity index (χ1) is 17.8. The minimum Gasteiger partial charge on any atom is -0.381 e. The zero-order chi connectivity index (χ0) is 27.8. The first-order valence-electron chi connectivity index (χ1n) is 12.0. The molecule has 4 rings (SSSR count). The average molecular weight is 558 g/mol. The van der Waals surface area contributed by atoms with Crippen molar-refractivity contribution in [1.29, 1.82) is 0 Å². The monoisotopic (exact) mass is 557 g/mol. The molecule has 1 aromatic heterocycles. The number of hydrogen-bond acceptors (Lipinski definition) is 7. The molecule has 0 aliphatic carbocycles. The van der Waals surface area contributed by atoms with E-state index in [4.69, 9.17) is 17.3 Å². The summed E-state index contributed by atoms with van der Waals surface area (Å²) >= 11 is 5.99. The Labute approximate surface area is 221 Å². The smallest absolute Gasteiger partial charge is 0.381 e. The van der Waals surface area contributed by atoms with Gasteiger partial charge in [0.05, 0.1) is 17.5 Å². The quantitative estimate of drug-likeness (QED) is 0.484. The Kier molecular flexibility index (Phi) is 7.71. The molecule has 206 valence electrons. The largest absolute Gasteiger partial charge is 0.416 e. The van der Waals surface area contributed by atoms with Crippen molar-refractivity contribution in [3.8, 4) is 0 Å². The number of rotatable bonds is 5. The molecular weight excluding hydrogens is 530 g/mol. The van der Waals surface area contributed by atoms with E-state index in [9.17, 15) is 22.8 Å². The molecule has 2 amide bonds. The van der Waals surface area contributed by atoms with Crippen LogP contribution in [-0.2, 0) is 21.3 Å². The van der Waals surface area contributed by atoms with E-state index >= 15 is 4.39 Å². The van der Waals surface area contributed by atoms with Crippen molar-refractivity contribution in [2.45, 2.75) is 37.0 Å². The molecule has 4 N–H and O–H groups in total. The van der Waals surface area contributed by atoms with Gasteiger partial charge in [-0.1, -0.05) is 11.6 Å². The van der Waals surface area contributed by atoms with Crippen LogP contribution in [-0.4, -0.2) is 71.4 Å². The summed E-state index contributed by atoms with van der Waals surface area (Å²) in [6, 6.07) is 2.19. The Bertz CT molecular complexity index is 1230. The molecule has 2 aromatic rings. The van der Waals surface area contributed by atoms with Gasteiger partial charge in [-0.2, -0.15) is 13.2 Å². The Morgan fingerprint density at radius 2 is 2.03 bits per heavy atom. The molecule has 2 saturated heterocycles. The van der Waals surface area contributed by atoms with Gasteiger partial charge in [0.1, 0.15) is 12.0 Å². The van der Waals surface area contributed by atoms with Gasteiger partial charge in [-0.3, -0.25) is 9.59 Å². The minimum absolute atomic E-state index is 0.00395. The number of aromatic nitrogens is 2. The lowest BCUT2D eigenvalue weighted by Crippen LogP contribution is -2.64. The lowest BCUT2D eigenvalue weighted by atomic mass is 9.80. The Hall–Kier alpha value is -3.19. The Morgan fingerprint density at radius 1 is 1.29 bits per heavy atom. The van der Waals surface area contributed by atoms with E-state index in [1.54, 1.807) is 14.1 Å². The van der Waals surface area contributed by atoms with Crippen LogP contribution in [0.4, 0.5) is 29.1 Å². The number of carbonyl (C=O) groups excluding carboxylic acids is 2. The number of piperidine rings is 2. The summed E-state index contributed by atoms with van der Waals surface area (Å²) in [6.07, 6.45) is -2.91. The Morgan fingerprint density at radius 3 is 2.71 bits per heavy atom. The molecule has 2 aliphatic heterocycles. The third kappa shape index (κ3) is 5.21. The fraction of sp³-hybridized carbons (Fsp3) is 0.500. The number of nitrogens with two attached hydrogens (primary N) is 1. The fourth-order valence-electron chi connectivity index (χ4n) is 5.22. The summed E-state index contributed by atoms with van der Waals surface area (Å²) in [6.45, 7) is 1.15. The van der Waals surface area contributed by atoms with Crippen LogP contribution >= 0.6 is 11.6 Å². The second-order valence-corrected chi connectivity index (χ2v) is 10.1. The van der Waals surface area contributed by atoms with Crippen LogP contribution in [0.5, 0.6) is 0 Å². The van der Waals surface area contributed by atoms with Gasteiger partial charge in [-0.15, -0.1) is 0 Å². The van der Waals surface area contributed by atoms with Gasteiger partial charge in [-0.05, 0) is 44.0 Å². The van der Waals surface area contributed by atoms with Crippen LogP contribution in [0.3, 0.4) is 0 Å². The van der Waals surface area contributed by atoms with Gasteiger partial charge in [-0.25, -0.2) is 14.4 Å². The number of carbonyl (C=O) groups is 2. The van der Waals surface area contributed by atoms with Crippen molar-refractivity contribution in [2.24, 2.45) is 5.92 Å². The van der Waals surface area contributed by atoms with Crippen molar-refractivity contribution in [3.05, 3.63) is 46.6 Å². The van der Waals surface area contributed by atoms with E-state index in [2.05, 4.69) is 20.6 Å². The van der Waals surface area contributed by atoms with Gasteiger partial charge >= 0.3 is 6.18 Å². The van der Waals surface area contributed by atoms with Crippen molar-refractivity contribution in [2.75, 3.05) is 44.8 Å². The molecule has 3 heterocycles. The lowest BCUT2D eigenvalue weighted by Gasteiger charge is -2.48. The number of halogens is 5. The molecule has 0 bridgehead atoms. The molecule has 2 fully saturated rings. The zero-order valence-electron chi connectivity index (χ0n) is 20.8. The number of alkyl halides is 3. The van der Waals surface area contributed by atoms with Crippen molar-refractivity contribution < 1.29 is 27.2 Å². The summed E-state index contributed by atoms with van der Waals surface area (Å²) in [5.41, 5.74) is 2.17. The van der Waals surface area contributed by atoms with E-state index in [0.717, 1.165) is 18.5 Å². The molecule has 0 radical (unpaired) electrons. The highest BCUT2D eigenvalue weighted by Crippen LogP contribution is 2.41. The number of likely N-dealkylation sites (tertiary alicyclic amines) is 1. The second-order valence-electron chi connectivity index (χ2n) is 9.68. The van der Waals surface area contributed by atoms with Gasteiger partial charge in [0.25, 0.3) is 5.91 Å². The highest BCUT2D eigenvalue weighted by Gasteiger charge is 2.52. The maximum Gasteiger partial charge on any atom is 0.416 e. The van der Waals surface area contributed by atoms with Gasteiger partial charge < -0.3 is 26.2 Å². The number of hydrogen-bond donors (Lipinski definition) is 3. The summed E-state index contributed by atoms with van der Waals surface area (Å²) in [5, 5.41) is 5.81. The number of anilines is 2. The molecule has 38 heavy (non-hydrogen) atoms. The van der Waals surface area contributed by atoms with E-state index in [0.29, 0.717) is 25.9 Å². The first kappa shape index (κ1) is 27.8. The SMILES string of the molecule is CN(C)C(=O)[C@@H]1CCNC[C@H]1N1CCCC(Nc2cc(Cl)cc(C(F)(F)F)c2)(c2ncnc(N)c2F)C1=O. The molecule has 2 aliphatic rings. The van der Waals surface area contributed by atoms with E-state index in [1.807, 2.05) is 0 Å². The summed E-state index contributed by atoms with van der Waals surface area (Å²) in [7, 11) is 3.25. The number of nitrogen functional groups attached to an aromatic ring is 1. The van der Waals surface area contributed by atoms with E-state index in [1.165, 1.54) is 15.9 Å². The van der Waals surface area contributed by atoms with Crippen molar-refractivity contribution >= 4 is 34.9 Å². The normalized spacial score (nSPS) is 24.3. The molecule has 3 atom stereocenters. The topological polar surface area (TPSA) is 116 Å². The van der Waals surface area contributed by atoms with Crippen LogP contribution in [0.15, 0.2) is 24.5 Å².